The van der Waals surface area contributed by atoms with E-state index in [0.29, 0.717) is 6.54 Å². The van der Waals surface area contributed by atoms with Crippen LogP contribution in [-0.2, 0) is 22.6 Å². The Morgan fingerprint density at radius 3 is 3.11 bits per heavy atom. The first-order valence-electron chi connectivity index (χ1n) is 6.64. The average Bonchev–Trinajstić information content (AvgIpc) is 3.02. The number of aromatic nitrogens is 3. The van der Waals surface area contributed by atoms with Crippen molar-refractivity contribution in [1.29, 1.82) is 0 Å². The molecule has 2 N–H and O–H groups in total. The zero-order chi connectivity index (χ0) is 13.4. The predicted molar refractivity (Wildman–Crippen MR) is 66.0 cm³/mol. The van der Waals surface area contributed by atoms with Crippen molar-refractivity contribution < 1.29 is 9.59 Å². The van der Waals surface area contributed by atoms with Crippen LogP contribution < -0.4 is 10.6 Å². The number of aryl methyl sites for hydroxylation is 1. The molecule has 3 rings (SSSR count). The van der Waals surface area contributed by atoms with E-state index in [1.165, 1.54) is 0 Å². The molecule has 102 valence electrons. The third-order valence-corrected chi connectivity index (χ3v) is 3.73. The molecule has 0 saturated carbocycles. The fourth-order valence-corrected chi connectivity index (χ4v) is 2.68. The van der Waals surface area contributed by atoms with Crippen molar-refractivity contribution in [3.63, 3.8) is 0 Å². The molecule has 2 atom stereocenters. The Morgan fingerprint density at radius 1 is 1.53 bits per heavy atom. The van der Waals surface area contributed by atoms with Crippen LogP contribution in [0.25, 0.3) is 0 Å². The van der Waals surface area contributed by atoms with Crippen molar-refractivity contribution in [3.8, 4) is 0 Å². The van der Waals surface area contributed by atoms with Gasteiger partial charge in [0.2, 0.25) is 11.8 Å². The molecule has 7 nitrogen and oxygen atoms in total. The highest BCUT2D eigenvalue weighted by molar-refractivity contribution is 5.89. The highest BCUT2D eigenvalue weighted by Crippen LogP contribution is 2.19. The van der Waals surface area contributed by atoms with E-state index in [2.05, 4.69) is 25.4 Å². The molecule has 1 aromatic heterocycles. The highest BCUT2D eigenvalue weighted by Gasteiger charge is 2.30. The van der Waals surface area contributed by atoms with E-state index in [9.17, 15) is 9.59 Å². The molecule has 2 aliphatic rings. The van der Waals surface area contributed by atoms with E-state index in [0.717, 1.165) is 31.0 Å². The Bertz CT molecular complexity index is 524. The molecular formula is C12H17N5O2. The summed E-state index contributed by atoms with van der Waals surface area (Å²) < 4.78 is 2.07. The first-order valence-corrected chi connectivity index (χ1v) is 6.64. The Hall–Kier alpha value is -1.92. The minimum atomic E-state index is -0.268. The van der Waals surface area contributed by atoms with Crippen LogP contribution in [0.3, 0.4) is 0 Å². The van der Waals surface area contributed by atoms with Gasteiger partial charge in [0.1, 0.15) is 5.82 Å². The second kappa shape index (κ2) is 4.64. The predicted octanol–water partition coefficient (Wildman–Crippen LogP) is -0.462. The number of nitrogens with one attached hydrogen (secondary N) is 2. The van der Waals surface area contributed by atoms with Crippen molar-refractivity contribution in [2.45, 2.75) is 38.8 Å². The molecule has 1 aromatic rings. The van der Waals surface area contributed by atoms with Gasteiger partial charge in [-0.3, -0.25) is 9.59 Å². The zero-order valence-electron chi connectivity index (χ0n) is 10.8. The first kappa shape index (κ1) is 12.1. The van der Waals surface area contributed by atoms with Gasteiger partial charge in [-0.15, -0.1) is 10.2 Å². The summed E-state index contributed by atoms with van der Waals surface area (Å²) >= 11 is 0. The minimum Gasteiger partial charge on any atom is -0.355 e. The van der Waals surface area contributed by atoms with Crippen LogP contribution in [0.2, 0.25) is 0 Å². The number of hydrogen-bond donors (Lipinski definition) is 2. The van der Waals surface area contributed by atoms with Gasteiger partial charge in [0, 0.05) is 25.9 Å². The fourth-order valence-electron chi connectivity index (χ4n) is 2.68. The molecule has 19 heavy (non-hydrogen) atoms. The first-order chi connectivity index (χ1) is 9.15. The summed E-state index contributed by atoms with van der Waals surface area (Å²) in [6.45, 7) is 3.24. The maximum absolute atomic E-state index is 12.0. The lowest BCUT2D eigenvalue weighted by Crippen LogP contribution is -2.34. The van der Waals surface area contributed by atoms with Gasteiger partial charge in [0.05, 0.1) is 12.0 Å². The third-order valence-electron chi connectivity index (χ3n) is 3.73. The second-order valence-corrected chi connectivity index (χ2v) is 5.17. The van der Waals surface area contributed by atoms with Crippen molar-refractivity contribution in [2.75, 3.05) is 6.54 Å². The summed E-state index contributed by atoms with van der Waals surface area (Å²) in [7, 11) is 0. The monoisotopic (exact) mass is 263 g/mol. The molecule has 7 heteroatoms. The lowest BCUT2D eigenvalue weighted by molar-refractivity contribution is -0.127. The van der Waals surface area contributed by atoms with Gasteiger partial charge in [-0.05, 0) is 13.3 Å². The average molecular weight is 263 g/mol. The number of fused-ring (bicyclic) bond motifs is 1. The largest absolute Gasteiger partial charge is 0.355 e. The number of hydrogen-bond acceptors (Lipinski definition) is 4. The molecule has 2 amide bonds. The number of rotatable bonds is 3. The van der Waals surface area contributed by atoms with Gasteiger partial charge in [-0.2, -0.15) is 0 Å². The summed E-state index contributed by atoms with van der Waals surface area (Å²) in [5.41, 5.74) is 0. The van der Waals surface area contributed by atoms with Gasteiger partial charge in [0.15, 0.2) is 5.82 Å². The number of carbonyl (C=O) groups excluding carboxylic acids is 2. The van der Waals surface area contributed by atoms with Crippen LogP contribution in [0, 0.1) is 5.92 Å². The van der Waals surface area contributed by atoms with Crippen LogP contribution in [0.15, 0.2) is 0 Å². The Balaban J connectivity index is 1.66. The summed E-state index contributed by atoms with van der Waals surface area (Å²) in [5.74, 6) is 1.38. The topological polar surface area (TPSA) is 88.9 Å². The maximum Gasteiger partial charge on any atom is 0.225 e. The quantitative estimate of drug-likeness (QED) is 0.772. The SMILES string of the molecule is CC(NC(=O)C1CNC(=O)C1)c1nnc2n1CCC2. The van der Waals surface area contributed by atoms with Crippen LogP contribution in [0.4, 0.5) is 0 Å². The molecule has 0 aromatic carbocycles. The molecule has 2 unspecified atom stereocenters. The van der Waals surface area contributed by atoms with Crippen molar-refractivity contribution in [3.05, 3.63) is 11.6 Å². The normalized spacial score (nSPS) is 23.0. The van der Waals surface area contributed by atoms with E-state index >= 15 is 0 Å². The van der Waals surface area contributed by atoms with Crippen LogP contribution in [0.1, 0.15) is 37.5 Å². The van der Waals surface area contributed by atoms with Crippen LogP contribution in [-0.4, -0.2) is 33.1 Å². The molecule has 1 saturated heterocycles. The van der Waals surface area contributed by atoms with E-state index in [4.69, 9.17) is 0 Å². The van der Waals surface area contributed by atoms with Gasteiger partial charge in [-0.25, -0.2) is 0 Å². The minimum absolute atomic E-state index is 0.0591. The van der Waals surface area contributed by atoms with Crippen molar-refractivity contribution in [2.24, 2.45) is 5.92 Å². The van der Waals surface area contributed by atoms with E-state index < -0.39 is 0 Å². The van der Waals surface area contributed by atoms with E-state index in [1.807, 2.05) is 6.92 Å². The fraction of sp³-hybridized carbons (Fsp3) is 0.667. The lowest BCUT2D eigenvalue weighted by Gasteiger charge is -2.16. The number of nitrogens with zero attached hydrogens (tertiary/aromatic N) is 3. The summed E-state index contributed by atoms with van der Waals surface area (Å²) in [5, 5.41) is 13.9. The van der Waals surface area contributed by atoms with Gasteiger partial charge < -0.3 is 15.2 Å². The molecule has 0 spiro atoms. The van der Waals surface area contributed by atoms with Crippen LogP contribution in [0.5, 0.6) is 0 Å². The lowest BCUT2D eigenvalue weighted by atomic mass is 10.1. The van der Waals surface area contributed by atoms with E-state index in [1.54, 1.807) is 0 Å². The maximum atomic E-state index is 12.0. The Labute approximate surface area is 110 Å². The summed E-state index contributed by atoms with van der Waals surface area (Å²) in [6, 6.07) is -0.178. The molecule has 0 bridgehead atoms. The van der Waals surface area contributed by atoms with Gasteiger partial charge in [0.25, 0.3) is 0 Å². The number of amides is 2. The van der Waals surface area contributed by atoms with E-state index in [-0.39, 0.29) is 30.2 Å². The smallest absolute Gasteiger partial charge is 0.225 e. The second-order valence-electron chi connectivity index (χ2n) is 5.17. The Morgan fingerprint density at radius 2 is 2.37 bits per heavy atom. The molecule has 3 heterocycles. The van der Waals surface area contributed by atoms with Crippen LogP contribution >= 0.6 is 0 Å². The number of carbonyl (C=O) groups is 2. The third kappa shape index (κ3) is 2.20. The van der Waals surface area contributed by atoms with Gasteiger partial charge >= 0.3 is 0 Å². The van der Waals surface area contributed by atoms with Crippen molar-refractivity contribution in [1.82, 2.24) is 25.4 Å². The zero-order valence-corrected chi connectivity index (χ0v) is 10.8. The molecule has 0 aliphatic carbocycles. The summed E-state index contributed by atoms with van der Waals surface area (Å²) in [4.78, 5) is 23.1. The Kier molecular flexibility index (Phi) is 2.96. The molecule has 0 radical (unpaired) electrons. The summed E-state index contributed by atoms with van der Waals surface area (Å²) in [6.07, 6.45) is 2.31. The highest BCUT2D eigenvalue weighted by atomic mass is 16.2. The van der Waals surface area contributed by atoms with Gasteiger partial charge in [-0.1, -0.05) is 0 Å². The molecule has 1 fully saturated rings. The molecule has 2 aliphatic heterocycles. The van der Waals surface area contributed by atoms with Crippen molar-refractivity contribution >= 4 is 11.8 Å². The standard InChI is InChI=1S/C12H17N5O2/c1-7(11-16-15-9-3-2-4-17(9)11)14-12(19)8-5-10(18)13-6-8/h7-8H,2-6H2,1H3,(H,13,18)(H,14,19). The molecular weight excluding hydrogens is 246 g/mol.